The van der Waals surface area contributed by atoms with E-state index in [0.717, 1.165) is 57.4 Å². The lowest BCUT2D eigenvalue weighted by atomic mass is 9.99. The molecule has 0 bridgehead atoms. The molecule has 3 N–H and O–H groups in total. The molecule has 2 aromatic carbocycles. The molecule has 26 heavy (non-hydrogen) atoms. The predicted molar refractivity (Wildman–Crippen MR) is 112 cm³/mol. The van der Waals surface area contributed by atoms with Gasteiger partial charge in [-0.2, -0.15) is 0 Å². The minimum Gasteiger partial charge on any atom is -0.496 e. The molecule has 0 unspecified atom stereocenters. The second-order valence-electron chi connectivity index (χ2n) is 6.07. The highest BCUT2D eigenvalue weighted by Gasteiger charge is 2.21. The first kappa shape index (κ1) is 19.1. The topological polar surface area (TPSA) is 60.3 Å². The molecule has 6 heteroatoms. The molecule has 1 heterocycles. The monoisotopic (exact) mass is 436 g/mol. The highest BCUT2D eigenvalue weighted by Crippen LogP contribution is 2.43. The van der Waals surface area contributed by atoms with Crippen LogP contribution < -0.4 is 15.2 Å². The summed E-state index contributed by atoms with van der Waals surface area (Å²) in [4.78, 5) is 3.56. The summed E-state index contributed by atoms with van der Waals surface area (Å²) >= 11 is 9.94. The first-order chi connectivity index (χ1) is 12.6. The average molecular weight is 438 g/mol. The van der Waals surface area contributed by atoms with E-state index in [0.29, 0.717) is 11.6 Å². The summed E-state index contributed by atoms with van der Waals surface area (Å²) in [6.07, 6.45) is 2.86. The Labute approximate surface area is 166 Å². The molecule has 0 amide bonds. The second-order valence-corrected chi connectivity index (χ2v) is 7.36. The zero-order valence-corrected chi connectivity index (χ0v) is 17.2. The van der Waals surface area contributed by atoms with Crippen LogP contribution in [0.5, 0.6) is 11.5 Å². The fourth-order valence-electron chi connectivity index (χ4n) is 3.29. The van der Waals surface area contributed by atoms with E-state index < -0.39 is 0 Å². The van der Waals surface area contributed by atoms with E-state index >= 15 is 0 Å². The third kappa shape index (κ3) is 3.56. The Bertz CT molecular complexity index is 902. The molecule has 0 saturated carbocycles. The number of methoxy groups -OCH3 is 2. The quantitative estimate of drug-likeness (QED) is 0.476. The molecule has 1 aromatic heterocycles. The van der Waals surface area contributed by atoms with Crippen molar-refractivity contribution in [2.45, 2.75) is 19.3 Å². The van der Waals surface area contributed by atoms with Crippen LogP contribution in [0.1, 0.15) is 18.4 Å². The molecule has 4 nitrogen and oxygen atoms in total. The van der Waals surface area contributed by atoms with E-state index in [1.165, 1.54) is 5.56 Å². The zero-order valence-electron chi connectivity index (χ0n) is 14.9. The Balaban J connectivity index is 2.29. The van der Waals surface area contributed by atoms with Crippen LogP contribution in [-0.4, -0.2) is 25.7 Å². The maximum absolute atomic E-state index is 6.32. The van der Waals surface area contributed by atoms with Gasteiger partial charge in [-0.05, 0) is 71.6 Å². The minimum atomic E-state index is 0.681. The van der Waals surface area contributed by atoms with Gasteiger partial charge in [-0.15, -0.1) is 0 Å². The first-order valence-corrected chi connectivity index (χ1v) is 9.68. The number of benzene rings is 2. The molecule has 0 atom stereocenters. The van der Waals surface area contributed by atoms with Crippen molar-refractivity contribution in [2.24, 2.45) is 5.73 Å². The minimum absolute atomic E-state index is 0.681. The van der Waals surface area contributed by atoms with Crippen molar-refractivity contribution in [3.05, 3.63) is 45.4 Å². The number of hydrogen-bond donors (Lipinski definition) is 2. The third-order valence-electron chi connectivity index (χ3n) is 4.49. The lowest BCUT2D eigenvalue weighted by Gasteiger charge is -2.14. The molecule has 138 valence electrons. The van der Waals surface area contributed by atoms with Gasteiger partial charge in [0.2, 0.25) is 0 Å². The molecular formula is C20H22BrClN2O2. The van der Waals surface area contributed by atoms with Crippen molar-refractivity contribution in [2.75, 3.05) is 20.8 Å². The van der Waals surface area contributed by atoms with E-state index in [2.05, 4.69) is 20.9 Å². The molecule has 3 rings (SSSR count). The molecule has 3 aromatic rings. The normalized spacial score (nSPS) is 11.1. The number of nitrogens with one attached hydrogen (secondary N) is 1. The molecule has 0 radical (unpaired) electrons. The van der Waals surface area contributed by atoms with Crippen molar-refractivity contribution in [1.29, 1.82) is 0 Å². The summed E-state index contributed by atoms with van der Waals surface area (Å²) in [7, 11) is 3.34. The molecule has 0 aliphatic carbocycles. The number of nitrogens with two attached hydrogens (primary N) is 1. The number of halogens is 2. The van der Waals surface area contributed by atoms with Crippen LogP contribution in [-0.2, 0) is 6.42 Å². The van der Waals surface area contributed by atoms with Crippen molar-refractivity contribution in [3.8, 4) is 22.8 Å². The van der Waals surface area contributed by atoms with Gasteiger partial charge in [-0.25, -0.2) is 0 Å². The molecule has 0 aliphatic heterocycles. The van der Waals surface area contributed by atoms with Gasteiger partial charge in [0.05, 0.1) is 31.0 Å². The number of unbranched alkanes of at least 4 members (excludes halogenated alkanes) is 1. The van der Waals surface area contributed by atoms with Gasteiger partial charge in [0.15, 0.2) is 0 Å². The Kier molecular flexibility index (Phi) is 6.12. The van der Waals surface area contributed by atoms with Crippen LogP contribution in [0.4, 0.5) is 0 Å². The standard InChI is InChI=1S/C20H22BrClN2O2/c1-25-16-7-5-8-17(26-2)18(16)20-13(6-3-4-9-23)14-10-12(22)11-15(21)19(14)24-20/h5,7-8,10-11,24H,3-4,6,9,23H2,1-2H3. The van der Waals surface area contributed by atoms with Gasteiger partial charge in [0.1, 0.15) is 11.5 Å². The Morgan fingerprint density at radius 3 is 2.42 bits per heavy atom. The molecule has 0 aliphatic rings. The summed E-state index contributed by atoms with van der Waals surface area (Å²) in [5.41, 5.74) is 9.81. The molecule has 0 saturated heterocycles. The van der Waals surface area contributed by atoms with Crippen LogP contribution in [0, 0.1) is 0 Å². The largest absolute Gasteiger partial charge is 0.496 e. The highest BCUT2D eigenvalue weighted by molar-refractivity contribution is 9.10. The summed E-state index contributed by atoms with van der Waals surface area (Å²) in [6, 6.07) is 9.70. The Hall–Kier alpha value is -1.69. The Morgan fingerprint density at radius 2 is 1.81 bits per heavy atom. The van der Waals surface area contributed by atoms with Gasteiger partial charge >= 0.3 is 0 Å². The van der Waals surface area contributed by atoms with Crippen LogP contribution in [0.15, 0.2) is 34.8 Å². The van der Waals surface area contributed by atoms with Crippen LogP contribution >= 0.6 is 27.5 Å². The highest BCUT2D eigenvalue weighted by atomic mass is 79.9. The molecule has 0 fully saturated rings. The SMILES string of the molecule is COc1cccc(OC)c1-c1[nH]c2c(Br)cc(Cl)cc2c1CCCCN. The summed E-state index contributed by atoms with van der Waals surface area (Å²) in [6.45, 7) is 0.681. The molecular weight excluding hydrogens is 416 g/mol. The van der Waals surface area contributed by atoms with E-state index in [9.17, 15) is 0 Å². The lowest BCUT2D eigenvalue weighted by Crippen LogP contribution is -2.00. The number of fused-ring (bicyclic) bond motifs is 1. The summed E-state index contributed by atoms with van der Waals surface area (Å²) in [5, 5.41) is 1.80. The van der Waals surface area contributed by atoms with E-state index in [-0.39, 0.29) is 0 Å². The maximum Gasteiger partial charge on any atom is 0.131 e. The summed E-state index contributed by atoms with van der Waals surface area (Å²) in [5.74, 6) is 1.52. The number of H-pyrrole nitrogens is 1. The van der Waals surface area contributed by atoms with Crippen LogP contribution in [0.25, 0.3) is 22.2 Å². The fraction of sp³-hybridized carbons (Fsp3) is 0.300. The fourth-order valence-corrected chi connectivity index (χ4v) is 4.20. The van der Waals surface area contributed by atoms with Crippen molar-refractivity contribution in [3.63, 3.8) is 0 Å². The lowest BCUT2D eigenvalue weighted by molar-refractivity contribution is 0.397. The maximum atomic E-state index is 6.32. The van der Waals surface area contributed by atoms with Gasteiger partial charge in [0, 0.05) is 14.9 Å². The van der Waals surface area contributed by atoms with Crippen molar-refractivity contribution < 1.29 is 9.47 Å². The van der Waals surface area contributed by atoms with E-state index in [1.54, 1.807) is 14.2 Å². The van der Waals surface area contributed by atoms with Crippen LogP contribution in [0.2, 0.25) is 5.02 Å². The molecule has 0 spiro atoms. The van der Waals surface area contributed by atoms with E-state index in [4.69, 9.17) is 26.8 Å². The smallest absolute Gasteiger partial charge is 0.131 e. The van der Waals surface area contributed by atoms with Gasteiger partial charge in [-0.1, -0.05) is 17.7 Å². The van der Waals surface area contributed by atoms with Crippen molar-refractivity contribution in [1.82, 2.24) is 4.98 Å². The second kappa shape index (κ2) is 8.33. The number of ether oxygens (including phenoxy) is 2. The number of aryl methyl sites for hydroxylation is 1. The number of rotatable bonds is 7. The Morgan fingerprint density at radius 1 is 1.12 bits per heavy atom. The average Bonchev–Trinajstić information content (AvgIpc) is 2.99. The zero-order chi connectivity index (χ0) is 18.7. The van der Waals surface area contributed by atoms with Crippen LogP contribution in [0.3, 0.4) is 0 Å². The summed E-state index contributed by atoms with van der Waals surface area (Å²) < 4.78 is 12.2. The third-order valence-corrected chi connectivity index (χ3v) is 5.33. The predicted octanol–water partition coefficient (Wildman–Crippen LogP) is 5.55. The van der Waals surface area contributed by atoms with E-state index in [1.807, 2.05) is 30.3 Å². The van der Waals surface area contributed by atoms with Gasteiger partial charge in [0.25, 0.3) is 0 Å². The number of aromatic amines is 1. The van der Waals surface area contributed by atoms with Gasteiger partial charge < -0.3 is 20.2 Å². The number of aromatic nitrogens is 1. The van der Waals surface area contributed by atoms with Gasteiger partial charge in [-0.3, -0.25) is 0 Å². The van der Waals surface area contributed by atoms with Crippen molar-refractivity contribution >= 4 is 38.4 Å². The first-order valence-electron chi connectivity index (χ1n) is 8.51. The number of hydrogen-bond acceptors (Lipinski definition) is 3.